The van der Waals surface area contributed by atoms with Crippen LogP contribution in [0.2, 0.25) is 0 Å². The Morgan fingerprint density at radius 3 is 1.45 bits per heavy atom. The second-order valence-corrected chi connectivity index (χ2v) is 17.9. The van der Waals surface area contributed by atoms with Gasteiger partial charge in [-0.05, 0) is 70.6 Å². The number of amides is 1. The van der Waals surface area contributed by atoms with Gasteiger partial charge in [-0.1, -0.05) is 159 Å². The van der Waals surface area contributed by atoms with Gasteiger partial charge in [0.05, 0.1) is 39.9 Å². The van der Waals surface area contributed by atoms with Crippen molar-refractivity contribution in [2.45, 2.75) is 199 Å². The summed E-state index contributed by atoms with van der Waals surface area (Å²) in [6.07, 6.45) is 47.5. The summed E-state index contributed by atoms with van der Waals surface area (Å²) in [6, 6.07) is -0.873. The number of nitrogens with zero attached hydrogens (tertiary/aromatic N) is 1. The third-order valence-electron chi connectivity index (χ3n) is 9.75. The Kier molecular flexibility index (Phi) is 36.9. The van der Waals surface area contributed by atoms with Crippen LogP contribution in [0.15, 0.2) is 48.6 Å². The van der Waals surface area contributed by atoms with Crippen LogP contribution in [-0.2, 0) is 18.4 Å². The molecule has 55 heavy (non-hydrogen) atoms. The largest absolute Gasteiger partial charge is 0.472 e. The maximum atomic E-state index is 12.8. The summed E-state index contributed by atoms with van der Waals surface area (Å²) in [6.45, 7) is 4.75. The summed E-state index contributed by atoms with van der Waals surface area (Å²) in [5.41, 5.74) is 0. The maximum absolute atomic E-state index is 12.8. The van der Waals surface area contributed by atoms with E-state index < -0.39 is 20.0 Å². The lowest BCUT2D eigenvalue weighted by Crippen LogP contribution is -2.45. The molecule has 322 valence electrons. The first-order valence-electron chi connectivity index (χ1n) is 22.5. The fourth-order valence-electron chi connectivity index (χ4n) is 6.12. The van der Waals surface area contributed by atoms with Gasteiger partial charge in [-0.25, -0.2) is 4.57 Å². The summed E-state index contributed by atoms with van der Waals surface area (Å²) in [4.78, 5) is 23.1. The number of hydrogen-bond donors (Lipinski definition) is 3. The number of allylic oxidation sites excluding steroid dienone is 7. The molecular weight excluding hydrogens is 707 g/mol. The molecule has 0 radical (unpaired) electrons. The number of carbonyl (C=O) groups is 1. The molecule has 3 unspecified atom stereocenters. The van der Waals surface area contributed by atoms with Crippen LogP contribution >= 0.6 is 7.82 Å². The molecule has 1 amide bonds. The van der Waals surface area contributed by atoms with E-state index in [4.69, 9.17) is 9.05 Å². The number of phosphoric acid groups is 1. The minimum Gasteiger partial charge on any atom is -0.387 e. The van der Waals surface area contributed by atoms with E-state index in [9.17, 15) is 19.4 Å². The van der Waals surface area contributed by atoms with E-state index in [2.05, 4.69) is 55.6 Å². The molecule has 0 fully saturated rings. The normalized spacial score (nSPS) is 14.8. The van der Waals surface area contributed by atoms with Gasteiger partial charge in [0, 0.05) is 6.42 Å². The molecule has 0 aliphatic heterocycles. The molecule has 0 bridgehead atoms. The van der Waals surface area contributed by atoms with Gasteiger partial charge in [-0.15, -0.1) is 0 Å². The number of phosphoric ester groups is 1. The Morgan fingerprint density at radius 1 is 0.600 bits per heavy atom. The van der Waals surface area contributed by atoms with E-state index in [1.165, 1.54) is 109 Å². The predicted molar refractivity (Wildman–Crippen MR) is 235 cm³/mol. The van der Waals surface area contributed by atoms with Gasteiger partial charge in [-0.2, -0.15) is 0 Å². The molecule has 0 aromatic carbocycles. The van der Waals surface area contributed by atoms with E-state index in [0.29, 0.717) is 17.4 Å². The lowest BCUT2D eigenvalue weighted by atomic mass is 10.1. The average molecular weight is 796 g/mol. The maximum Gasteiger partial charge on any atom is 0.472 e. The van der Waals surface area contributed by atoms with Gasteiger partial charge < -0.3 is 19.8 Å². The highest BCUT2D eigenvalue weighted by molar-refractivity contribution is 7.47. The molecule has 0 aromatic heterocycles. The van der Waals surface area contributed by atoms with Crippen LogP contribution in [0.3, 0.4) is 0 Å². The first-order chi connectivity index (χ1) is 26.5. The van der Waals surface area contributed by atoms with E-state index >= 15 is 0 Å². The van der Waals surface area contributed by atoms with Gasteiger partial charge in [0.15, 0.2) is 0 Å². The zero-order valence-corrected chi connectivity index (χ0v) is 37.3. The van der Waals surface area contributed by atoms with E-state index in [1.54, 1.807) is 6.08 Å². The molecule has 0 saturated carbocycles. The summed E-state index contributed by atoms with van der Waals surface area (Å²) in [5.74, 6) is -0.202. The Bertz CT molecular complexity index is 1040. The van der Waals surface area contributed by atoms with Crippen molar-refractivity contribution in [1.29, 1.82) is 0 Å². The van der Waals surface area contributed by atoms with E-state index in [-0.39, 0.29) is 19.1 Å². The summed E-state index contributed by atoms with van der Waals surface area (Å²) in [5, 5.41) is 13.8. The van der Waals surface area contributed by atoms with Crippen molar-refractivity contribution in [2.75, 3.05) is 40.9 Å². The van der Waals surface area contributed by atoms with Crippen molar-refractivity contribution in [3.63, 3.8) is 0 Å². The van der Waals surface area contributed by atoms with Gasteiger partial charge in [0.25, 0.3) is 0 Å². The predicted octanol–water partition coefficient (Wildman–Crippen LogP) is 12.5. The third kappa shape index (κ3) is 40.5. The summed E-state index contributed by atoms with van der Waals surface area (Å²) in [7, 11) is 1.54. The summed E-state index contributed by atoms with van der Waals surface area (Å²) >= 11 is 0. The number of likely N-dealkylation sites (N-methyl/N-ethyl adjacent to an activating group) is 1. The molecule has 0 aliphatic rings. The third-order valence-corrected chi connectivity index (χ3v) is 10.7. The molecule has 0 aliphatic carbocycles. The highest BCUT2D eigenvalue weighted by Gasteiger charge is 2.27. The Labute approximate surface area is 339 Å². The zero-order valence-electron chi connectivity index (χ0n) is 36.4. The number of hydrogen-bond acceptors (Lipinski definition) is 5. The molecule has 8 nitrogen and oxygen atoms in total. The number of carbonyl (C=O) groups excluding carboxylic acids is 1. The topological polar surface area (TPSA) is 105 Å². The lowest BCUT2D eigenvalue weighted by Gasteiger charge is -2.25. The fraction of sp³-hybridized carbons (Fsp3) is 0.804. The number of aliphatic hydroxyl groups excluding tert-OH is 1. The van der Waals surface area contributed by atoms with Crippen LogP contribution in [0.25, 0.3) is 0 Å². The highest BCUT2D eigenvalue weighted by Crippen LogP contribution is 2.43. The quantitative estimate of drug-likeness (QED) is 0.0247. The Balaban J connectivity index is 4.52. The number of aliphatic hydroxyl groups is 1. The smallest absolute Gasteiger partial charge is 0.387 e. The molecule has 9 heteroatoms. The molecule has 3 atom stereocenters. The van der Waals surface area contributed by atoms with E-state index in [1.807, 2.05) is 27.2 Å². The number of rotatable bonds is 40. The van der Waals surface area contributed by atoms with Gasteiger partial charge in [0.1, 0.15) is 13.2 Å². The van der Waals surface area contributed by atoms with Crippen LogP contribution in [0, 0.1) is 0 Å². The van der Waals surface area contributed by atoms with Crippen LogP contribution in [0.1, 0.15) is 187 Å². The monoisotopic (exact) mass is 796 g/mol. The first-order valence-corrected chi connectivity index (χ1v) is 24.0. The second kappa shape index (κ2) is 38.0. The molecule has 0 aromatic rings. The standard InChI is InChI=1S/C46H87N2O6P/c1-6-8-10-12-14-16-18-20-22-23-24-25-26-27-29-31-33-35-37-39-45(49)44(43-54-55(51,52)53-42-41-48(3,4)5)47-46(50)40-38-36-34-32-30-28-21-19-17-15-13-11-9-7-2/h19,21,24-25,29,31,37,39,44-45,49H,6-18,20,22-23,26-28,30,32-36,38,40-43H2,1-5H3,(H-,47,50,51,52)/p+1/b21-19-,25-24+,31-29+,39-37+. The average Bonchev–Trinajstić information content (AvgIpc) is 3.13. The number of nitrogens with one attached hydrogen (secondary N) is 1. The molecule has 3 N–H and O–H groups in total. The molecule has 0 saturated heterocycles. The van der Waals surface area contributed by atoms with Crippen molar-refractivity contribution < 1.29 is 32.9 Å². The lowest BCUT2D eigenvalue weighted by molar-refractivity contribution is -0.870. The van der Waals surface area contributed by atoms with Crippen molar-refractivity contribution >= 4 is 13.7 Å². The number of unbranched alkanes of at least 4 members (excludes halogenated alkanes) is 21. The SMILES string of the molecule is CCCCCCC/C=C\CCCCCCCC(=O)NC(COP(=O)(O)OCC[N+](C)(C)C)C(O)/C=C/CC/C=C/CC/C=C/CCCCCCCCCCC. The Hall–Kier alpha value is -1.54. The van der Waals surface area contributed by atoms with Crippen molar-refractivity contribution in [2.24, 2.45) is 0 Å². The molecule has 0 rings (SSSR count). The first kappa shape index (κ1) is 53.5. The van der Waals surface area contributed by atoms with Crippen molar-refractivity contribution in [3.8, 4) is 0 Å². The molecule has 0 heterocycles. The van der Waals surface area contributed by atoms with Gasteiger partial charge in [0.2, 0.25) is 5.91 Å². The minimum absolute atomic E-state index is 0.0509. The zero-order chi connectivity index (χ0) is 40.7. The van der Waals surface area contributed by atoms with Crippen molar-refractivity contribution in [1.82, 2.24) is 5.32 Å². The second-order valence-electron chi connectivity index (χ2n) is 16.4. The van der Waals surface area contributed by atoms with Crippen LogP contribution < -0.4 is 5.32 Å². The van der Waals surface area contributed by atoms with Crippen molar-refractivity contribution in [3.05, 3.63) is 48.6 Å². The van der Waals surface area contributed by atoms with E-state index in [0.717, 1.165) is 57.8 Å². The Morgan fingerprint density at radius 2 is 1.00 bits per heavy atom. The van der Waals surface area contributed by atoms with Gasteiger partial charge >= 0.3 is 7.82 Å². The minimum atomic E-state index is -4.35. The fourth-order valence-corrected chi connectivity index (χ4v) is 6.86. The number of quaternary nitrogens is 1. The summed E-state index contributed by atoms with van der Waals surface area (Å²) < 4.78 is 23.5. The molecule has 0 spiro atoms. The molecular formula is C46H88N2O6P+. The highest BCUT2D eigenvalue weighted by atomic mass is 31.2. The van der Waals surface area contributed by atoms with Crippen LogP contribution in [-0.4, -0.2) is 73.4 Å². The van der Waals surface area contributed by atoms with Crippen LogP contribution in [0.4, 0.5) is 0 Å². The van der Waals surface area contributed by atoms with Gasteiger partial charge in [-0.3, -0.25) is 13.8 Å². The van der Waals surface area contributed by atoms with Crippen LogP contribution in [0.5, 0.6) is 0 Å².